The zero-order chi connectivity index (χ0) is 12.6. The van der Waals surface area contributed by atoms with Gasteiger partial charge in [0.15, 0.2) is 0 Å². The monoisotopic (exact) mass is 253 g/mol. The summed E-state index contributed by atoms with van der Waals surface area (Å²) in [5, 5.41) is 12.7. The van der Waals surface area contributed by atoms with Crippen molar-refractivity contribution in [3.05, 3.63) is 0 Å². The van der Waals surface area contributed by atoms with Gasteiger partial charge in [0, 0.05) is 19.1 Å². The molecule has 2 aliphatic carbocycles. The highest BCUT2D eigenvalue weighted by Crippen LogP contribution is 2.48. The van der Waals surface area contributed by atoms with E-state index in [9.17, 15) is 9.90 Å². The Hall–Kier alpha value is -0.610. The molecule has 1 heterocycles. The molecule has 1 saturated heterocycles. The summed E-state index contributed by atoms with van der Waals surface area (Å²) in [6.07, 6.45) is 6.30. The molecule has 18 heavy (non-hydrogen) atoms. The van der Waals surface area contributed by atoms with Crippen LogP contribution in [0.2, 0.25) is 0 Å². The molecule has 2 N–H and O–H groups in total. The number of ether oxygens (including phenoxy) is 1. The van der Waals surface area contributed by atoms with Crippen LogP contribution in [0.4, 0.5) is 0 Å². The molecule has 1 amide bonds. The summed E-state index contributed by atoms with van der Waals surface area (Å²) in [7, 11) is 0. The number of carbonyl (C=O) groups excluding carboxylic acids is 1. The summed E-state index contributed by atoms with van der Waals surface area (Å²) in [6.45, 7) is 1.30. The zero-order valence-electron chi connectivity index (χ0n) is 10.9. The van der Waals surface area contributed by atoms with Gasteiger partial charge in [-0.3, -0.25) is 4.79 Å². The fourth-order valence-electron chi connectivity index (χ4n) is 4.00. The lowest BCUT2D eigenvalue weighted by Gasteiger charge is -2.37. The fourth-order valence-corrected chi connectivity index (χ4v) is 4.00. The Balaban J connectivity index is 1.62. The molecule has 0 aromatic heterocycles. The van der Waals surface area contributed by atoms with Crippen LogP contribution in [0.15, 0.2) is 0 Å². The van der Waals surface area contributed by atoms with Crippen LogP contribution in [0.25, 0.3) is 0 Å². The highest BCUT2D eigenvalue weighted by atomic mass is 16.5. The van der Waals surface area contributed by atoms with Crippen molar-refractivity contribution < 1.29 is 14.6 Å². The van der Waals surface area contributed by atoms with Crippen molar-refractivity contribution in [3.8, 4) is 0 Å². The molecule has 3 aliphatic rings. The van der Waals surface area contributed by atoms with E-state index in [1.807, 2.05) is 0 Å². The standard InChI is InChI=1S/C14H23NO3/c16-9-14(3-5-18-6-4-14)15-13(17)12-8-10-1-2-11(12)7-10/h10-12,16H,1-9H2,(H,15,17). The smallest absolute Gasteiger partial charge is 0.223 e. The molecule has 1 aliphatic heterocycles. The van der Waals surface area contributed by atoms with E-state index in [-0.39, 0.29) is 18.4 Å². The van der Waals surface area contributed by atoms with Crippen molar-refractivity contribution >= 4 is 5.91 Å². The summed E-state index contributed by atoms with van der Waals surface area (Å²) in [4.78, 5) is 12.4. The van der Waals surface area contributed by atoms with Crippen molar-refractivity contribution in [2.24, 2.45) is 17.8 Å². The first-order valence-electron chi connectivity index (χ1n) is 7.23. The minimum atomic E-state index is -0.419. The average molecular weight is 253 g/mol. The molecule has 3 unspecified atom stereocenters. The van der Waals surface area contributed by atoms with Crippen LogP contribution in [0.5, 0.6) is 0 Å². The molecule has 0 radical (unpaired) electrons. The molecule has 3 rings (SSSR count). The van der Waals surface area contributed by atoms with E-state index in [1.165, 1.54) is 19.3 Å². The van der Waals surface area contributed by atoms with Gasteiger partial charge >= 0.3 is 0 Å². The highest BCUT2D eigenvalue weighted by molar-refractivity contribution is 5.80. The third kappa shape index (κ3) is 2.16. The summed E-state index contributed by atoms with van der Waals surface area (Å²) in [5.74, 6) is 1.77. The number of aliphatic hydroxyl groups excluding tert-OH is 1. The minimum absolute atomic E-state index is 0.0307. The molecule has 4 heteroatoms. The molecule has 3 atom stereocenters. The number of aliphatic hydroxyl groups is 1. The lowest BCUT2D eigenvalue weighted by Crippen LogP contribution is -2.56. The quantitative estimate of drug-likeness (QED) is 0.791. The molecular formula is C14H23NO3. The molecule has 102 valence electrons. The van der Waals surface area contributed by atoms with Crippen LogP contribution in [-0.4, -0.2) is 36.4 Å². The third-order valence-electron chi connectivity index (χ3n) is 5.22. The molecule has 2 bridgehead atoms. The largest absolute Gasteiger partial charge is 0.394 e. The number of carbonyl (C=O) groups is 1. The van der Waals surface area contributed by atoms with E-state index in [4.69, 9.17) is 4.74 Å². The Morgan fingerprint density at radius 2 is 2.06 bits per heavy atom. The Labute approximate surface area is 108 Å². The minimum Gasteiger partial charge on any atom is -0.394 e. The van der Waals surface area contributed by atoms with Crippen molar-refractivity contribution in [2.75, 3.05) is 19.8 Å². The van der Waals surface area contributed by atoms with Crippen molar-refractivity contribution in [3.63, 3.8) is 0 Å². The summed E-state index contributed by atoms with van der Waals surface area (Å²) in [6, 6.07) is 0. The predicted molar refractivity (Wildman–Crippen MR) is 67.0 cm³/mol. The molecule has 0 spiro atoms. The van der Waals surface area contributed by atoms with Gasteiger partial charge in [0.1, 0.15) is 0 Å². The van der Waals surface area contributed by atoms with Gasteiger partial charge in [-0.2, -0.15) is 0 Å². The van der Waals surface area contributed by atoms with Crippen LogP contribution in [0.1, 0.15) is 38.5 Å². The second-order valence-corrected chi connectivity index (χ2v) is 6.32. The Kier molecular flexibility index (Phi) is 3.32. The van der Waals surface area contributed by atoms with E-state index in [1.54, 1.807) is 0 Å². The third-order valence-corrected chi connectivity index (χ3v) is 5.22. The van der Waals surface area contributed by atoms with Gasteiger partial charge in [-0.25, -0.2) is 0 Å². The molecule has 3 fully saturated rings. The Morgan fingerprint density at radius 3 is 2.61 bits per heavy atom. The molecule has 0 aromatic carbocycles. The van der Waals surface area contributed by atoms with E-state index >= 15 is 0 Å². The molecule has 2 saturated carbocycles. The van der Waals surface area contributed by atoms with Gasteiger partial charge in [-0.1, -0.05) is 6.42 Å². The van der Waals surface area contributed by atoms with Crippen LogP contribution in [-0.2, 0) is 9.53 Å². The van der Waals surface area contributed by atoms with Crippen LogP contribution in [0.3, 0.4) is 0 Å². The number of hydrogen-bond acceptors (Lipinski definition) is 3. The first-order valence-corrected chi connectivity index (χ1v) is 7.23. The maximum atomic E-state index is 12.4. The SMILES string of the molecule is O=C(NC1(CO)CCOCC1)C1CC2CCC1C2. The van der Waals surface area contributed by atoms with Gasteiger partial charge < -0.3 is 15.2 Å². The van der Waals surface area contributed by atoms with Crippen molar-refractivity contribution in [2.45, 2.75) is 44.1 Å². The maximum absolute atomic E-state index is 12.4. The number of amides is 1. The normalized spacial score (nSPS) is 37.7. The number of hydrogen-bond donors (Lipinski definition) is 2. The van der Waals surface area contributed by atoms with E-state index in [0.29, 0.717) is 19.1 Å². The second kappa shape index (κ2) is 4.82. The van der Waals surface area contributed by atoms with Crippen molar-refractivity contribution in [1.29, 1.82) is 0 Å². The van der Waals surface area contributed by atoms with E-state index < -0.39 is 5.54 Å². The topological polar surface area (TPSA) is 58.6 Å². The Morgan fingerprint density at radius 1 is 1.28 bits per heavy atom. The lowest BCUT2D eigenvalue weighted by molar-refractivity contribution is -0.130. The molecule has 0 aromatic rings. The number of rotatable bonds is 3. The van der Waals surface area contributed by atoms with Gasteiger partial charge in [-0.05, 0) is 43.9 Å². The first kappa shape index (κ1) is 12.4. The summed E-state index contributed by atoms with van der Waals surface area (Å²) < 4.78 is 5.32. The van der Waals surface area contributed by atoms with Gasteiger partial charge in [-0.15, -0.1) is 0 Å². The highest BCUT2D eigenvalue weighted by Gasteiger charge is 2.45. The van der Waals surface area contributed by atoms with Gasteiger partial charge in [0.25, 0.3) is 0 Å². The van der Waals surface area contributed by atoms with Crippen LogP contribution >= 0.6 is 0 Å². The first-order chi connectivity index (χ1) is 8.72. The van der Waals surface area contributed by atoms with Crippen LogP contribution < -0.4 is 5.32 Å². The Bertz CT molecular complexity index is 325. The maximum Gasteiger partial charge on any atom is 0.223 e. The average Bonchev–Trinajstić information content (AvgIpc) is 3.02. The van der Waals surface area contributed by atoms with Gasteiger partial charge in [0.2, 0.25) is 5.91 Å². The predicted octanol–water partition coefficient (Wildman–Crippen LogP) is 1.08. The summed E-state index contributed by atoms with van der Waals surface area (Å²) >= 11 is 0. The van der Waals surface area contributed by atoms with Crippen molar-refractivity contribution in [1.82, 2.24) is 5.32 Å². The zero-order valence-corrected chi connectivity index (χ0v) is 10.9. The van der Waals surface area contributed by atoms with Gasteiger partial charge in [0.05, 0.1) is 12.1 Å². The lowest BCUT2D eigenvalue weighted by atomic mass is 9.85. The fraction of sp³-hybridized carbons (Fsp3) is 0.929. The summed E-state index contributed by atoms with van der Waals surface area (Å²) in [5.41, 5.74) is -0.419. The number of nitrogens with one attached hydrogen (secondary N) is 1. The van der Waals surface area contributed by atoms with E-state index in [0.717, 1.165) is 25.2 Å². The number of fused-ring (bicyclic) bond motifs is 2. The van der Waals surface area contributed by atoms with E-state index in [2.05, 4.69) is 5.32 Å². The molecular weight excluding hydrogens is 230 g/mol. The molecule has 4 nitrogen and oxygen atoms in total. The second-order valence-electron chi connectivity index (χ2n) is 6.32. The van der Waals surface area contributed by atoms with Crippen LogP contribution in [0, 0.1) is 17.8 Å².